The fraction of sp³-hybridized carbons (Fsp3) is 0.308. The maximum atomic E-state index is 11.9. The molecule has 0 bridgehead atoms. The Morgan fingerprint density at radius 1 is 1.39 bits per heavy atom. The predicted molar refractivity (Wildman–Crippen MR) is 65.4 cm³/mol. The van der Waals surface area contributed by atoms with Crippen LogP contribution in [-0.4, -0.2) is 28.0 Å². The second kappa shape index (κ2) is 5.44. The Kier molecular flexibility index (Phi) is 3.72. The number of allylic oxidation sites excluding steroid dienone is 1. The maximum Gasteiger partial charge on any atom is 0.335 e. The van der Waals surface area contributed by atoms with Crippen molar-refractivity contribution in [3.63, 3.8) is 0 Å². The molecule has 0 radical (unpaired) electrons. The van der Waals surface area contributed by atoms with E-state index in [0.717, 1.165) is 19.3 Å². The molecule has 0 aliphatic heterocycles. The van der Waals surface area contributed by atoms with Crippen molar-refractivity contribution in [1.29, 1.82) is 0 Å². The number of carbonyl (C=O) groups excluding carboxylic acids is 1. The molecule has 0 fully saturated rings. The van der Waals surface area contributed by atoms with E-state index in [4.69, 9.17) is 5.11 Å². The third-order valence-corrected chi connectivity index (χ3v) is 2.84. The van der Waals surface area contributed by atoms with Gasteiger partial charge in [0.2, 0.25) is 0 Å². The largest absolute Gasteiger partial charge is 0.478 e. The lowest BCUT2D eigenvalue weighted by Gasteiger charge is -2.19. The van der Waals surface area contributed by atoms with Gasteiger partial charge in [0, 0.05) is 12.2 Å². The summed E-state index contributed by atoms with van der Waals surface area (Å²) in [5.41, 5.74) is 0.211. The van der Waals surface area contributed by atoms with Crippen molar-refractivity contribution < 1.29 is 14.7 Å². The Labute approximate surface area is 105 Å². The second-order valence-electron chi connectivity index (χ2n) is 4.19. The number of aromatic nitrogens is 1. The molecule has 1 aliphatic rings. The number of carbonyl (C=O) groups is 2. The van der Waals surface area contributed by atoms with Gasteiger partial charge >= 0.3 is 5.97 Å². The smallest absolute Gasteiger partial charge is 0.335 e. The van der Waals surface area contributed by atoms with Gasteiger partial charge in [0.15, 0.2) is 0 Å². The number of amides is 1. The molecule has 1 heterocycles. The maximum absolute atomic E-state index is 11.9. The molecule has 2 N–H and O–H groups in total. The molecule has 1 aromatic heterocycles. The summed E-state index contributed by atoms with van der Waals surface area (Å²) in [5, 5.41) is 11.7. The summed E-state index contributed by atoms with van der Waals surface area (Å²) < 4.78 is 0. The summed E-state index contributed by atoms with van der Waals surface area (Å²) in [6, 6.07) is 2.76. The first kappa shape index (κ1) is 12.3. The summed E-state index contributed by atoms with van der Waals surface area (Å²) in [6.07, 6.45) is 8.12. The average Bonchev–Trinajstić information content (AvgIpc) is 2.40. The molecule has 1 aliphatic carbocycles. The lowest BCUT2D eigenvalue weighted by Crippen LogP contribution is -2.35. The predicted octanol–water partition coefficient (Wildman–Crippen LogP) is 1.62. The highest BCUT2D eigenvalue weighted by Gasteiger charge is 2.16. The molecule has 0 aromatic carbocycles. The van der Waals surface area contributed by atoms with Gasteiger partial charge in [-0.15, -0.1) is 0 Å². The Hall–Kier alpha value is -2.17. The van der Waals surface area contributed by atoms with E-state index in [1.165, 1.54) is 18.3 Å². The van der Waals surface area contributed by atoms with Crippen LogP contribution < -0.4 is 5.32 Å². The minimum Gasteiger partial charge on any atom is -0.478 e. The van der Waals surface area contributed by atoms with Gasteiger partial charge in [-0.1, -0.05) is 12.2 Å². The monoisotopic (exact) mass is 246 g/mol. The van der Waals surface area contributed by atoms with Crippen LogP contribution >= 0.6 is 0 Å². The topological polar surface area (TPSA) is 79.3 Å². The third kappa shape index (κ3) is 2.94. The standard InChI is InChI=1S/C13H14N2O3/c16-12(15-10-4-2-1-3-5-10)11-8-9(13(17)18)6-7-14-11/h1-2,6-8,10H,3-5H2,(H,15,16)(H,17,18). The zero-order valence-corrected chi connectivity index (χ0v) is 9.80. The number of rotatable bonds is 3. The van der Waals surface area contributed by atoms with Gasteiger partial charge in [-0.05, 0) is 31.4 Å². The summed E-state index contributed by atoms with van der Waals surface area (Å²) >= 11 is 0. The van der Waals surface area contributed by atoms with E-state index in [0.29, 0.717) is 0 Å². The number of hydrogen-bond donors (Lipinski definition) is 2. The molecular formula is C13H14N2O3. The van der Waals surface area contributed by atoms with Gasteiger partial charge in [0.25, 0.3) is 5.91 Å². The number of pyridine rings is 1. The highest BCUT2D eigenvalue weighted by Crippen LogP contribution is 2.11. The average molecular weight is 246 g/mol. The van der Waals surface area contributed by atoms with Crippen molar-refractivity contribution in [3.8, 4) is 0 Å². The highest BCUT2D eigenvalue weighted by molar-refractivity contribution is 5.95. The summed E-state index contributed by atoms with van der Waals surface area (Å²) in [7, 11) is 0. The molecule has 18 heavy (non-hydrogen) atoms. The molecule has 2 rings (SSSR count). The van der Waals surface area contributed by atoms with E-state index >= 15 is 0 Å². The van der Waals surface area contributed by atoms with Gasteiger partial charge in [-0.25, -0.2) is 4.79 Å². The Bertz CT molecular complexity index is 497. The molecule has 0 saturated carbocycles. The van der Waals surface area contributed by atoms with Gasteiger partial charge in [0.1, 0.15) is 5.69 Å². The van der Waals surface area contributed by atoms with Crippen molar-refractivity contribution >= 4 is 11.9 Å². The van der Waals surface area contributed by atoms with Crippen molar-refractivity contribution in [1.82, 2.24) is 10.3 Å². The van der Waals surface area contributed by atoms with Crippen LogP contribution in [0, 0.1) is 0 Å². The van der Waals surface area contributed by atoms with Crippen LogP contribution in [0.2, 0.25) is 0 Å². The lowest BCUT2D eigenvalue weighted by atomic mass is 10.0. The number of carboxylic acid groups (broad SMARTS) is 1. The van der Waals surface area contributed by atoms with E-state index in [9.17, 15) is 9.59 Å². The molecular weight excluding hydrogens is 232 g/mol. The molecule has 94 valence electrons. The lowest BCUT2D eigenvalue weighted by molar-refractivity contribution is 0.0696. The molecule has 1 unspecified atom stereocenters. The van der Waals surface area contributed by atoms with Crippen molar-refractivity contribution in [3.05, 3.63) is 41.7 Å². The van der Waals surface area contributed by atoms with Crippen LogP contribution in [0.4, 0.5) is 0 Å². The molecule has 5 nitrogen and oxygen atoms in total. The molecule has 5 heteroatoms. The molecule has 0 saturated heterocycles. The number of nitrogens with zero attached hydrogens (tertiary/aromatic N) is 1. The minimum absolute atomic E-state index is 0.0682. The molecule has 1 amide bonds. The summed E-state index contributed by atoms with van der Waals surface area (Å²) in [4.78, 5) is 26.6. The minimum atomic E-state index is -1.06. The Morgan fingerprint density at radius 3 is 2.89 bits per heavy atom. The van der Waals surface area contributed by atoms with Gasteiger partial charge in [-0.3, -0.25) is 9.78 Å². The fourth-order valence-corrected chi connectivity index (χ4v) is 1.87. The first-order valence-corrected chi connectivity index (χ1v) is 5.82. The van der Waals surface area contributed by atoms with E-state index in [1.54, 1.807) is 0 Å². The number of nitrogens with one attached hydrogen (secondary N) is 1. The number of carboxylic acids is 1. The quantitative estimate of drug-likeness (QED) is 0.794. The van der Waals surface area contributed by atoms with Crippen LogP contribution in [-0.2, 0) is 0 Å². The summed E-state index contributed by atoms with van der Waals surface area (Å²) in [6.45, 7) is 0. The number of aromatic carboxylic acids is 1. The van der Waals surface area contributed by atoms with Crippen LogP contribution in [0.25, 0.3) is 0 Å². The van der Waals surface area contributed by atoms with Gasteiger partial charge in [0.05, 0.1) is 5.56 Å². The van der Waals surface area contributed by atoms with E-state index in [-0.39, 0.29) is 23.2 Å². The van der Waals surface area contributed by atoms with E-state index in [2.05, 4.69) is 16.4 Å². The molecule has 1 aromatic rings. The highest BCUT2D eigenvalue weighted by atomic mass is 16.4. The van der Waals surface area contributed by atoms with Crippen molar-refractivity contribution in [2.24, 2.45) is 0 Å². The van der Waals surface area contributed by atoms with Gasteiger partial charge in [-0.2, -0.15) is 0 Å². The number of hydrogen-bond acceptors (Lipinski definition) is 3. The van der Waals surface area contributed by atoms with Crippen molar-refractivity contribution in [2.45, 2.75) is 25.3 Å². The fourth-order valence-electron chi connectivity index (χ4n) is 1.87. The Balaban J connectivity index is 2.06. The van der Waals surface area contributed by atoms with E-state index in [1.807, 2.05) is 6.08 Å². The Morgan fingerprint density at radius 2 is 2.22 bits per heavy atom. The van der Waals surface area contributed by atoms with Crippen LogP contribution in [0.5, 0.6) is 0 Å². The van der Waals surface area contributed by atoms with Crippen molar-refractivity contribution in [2.75, 3.05) is 0 Å². The van der Waals surface area contributed by atoms with Crippen LogP contribution in [0.15, 0.2) is 30.5 Å². The van der Waals surface area contributed by atoms with E-state index < -0.39 is 5.97 Å². The first-order chi connectivity index (χ1) is 8.66. The SMILES string of the molecule is O=C(O)c1ccnc(C(=O)NC2CC=CCC2)c1. The van der Waals surface area contributed by atoms with Crippen LogP contribution in [0.1, 0.15) is 40.1 Å². The van der Waals surface area contributed by atoms with Gasteiger partial charge < -0.3 is 10.4 Å². The normalized spacial score (nSPS) is 18.3. The van der Waals surface area contributed by atoms with Crippen LogP contribution in [0.3, 0.4) is 0 Å². The third-order valence-electron chi connectivity index (χ3n) is 2.84. The molecule has 1 atom stereocenters. The zero-order chi connectivity index (χ0) is 13.0. The second-order valence-corrected chi connectivity index (χ2v) is 4.19. The summed E-state index contributed by atoms with van der Waals surface area (Å²) in [5.74, 6) is -1.38. The molecule has 0 spiro atoms. The zero-order valence-electron chi connectivity index (χ0n) is 9.80. The first-order valence-electron chi connectivity index (χ1n) is 5.82.